The largest absolute Gasteiger partial charge is 0.379 e. The van der Waals surface area contributed by atoms with E-state index in [1.165, 1.54) is 6.42 Å². The molecule has 8 heteroatoms. The minimum atomic E-state index is 0. The van der Waals surface area contributed by atoms with Crippen molar-refractivity contribution >= 4 is 29.9 Å². The van der Waals surface area contributed by atoms with Crippen LogP contribution in [-0.4, -0.2) is 100 Å². The summed E-state index contributed by atoms with van der Waals surface area (Å²) in [5, 5.41) is 3.42. The maximum Gasteiger partial charge on any atom is 0.194 e. The van der Waals surface area contributed by atoms with Crippen molar-refractivity contribution in [2.45, 2.75) is 25.5 Å². The molecule has 0 amide bonds. The molecular formula is C16H31IN4O3. The van der Waals surface area contributed by atoms with Crippen LogP contribution in [0.5, 0.6) is 0 Å². The zero-order chi connectivity index (χ0) is 15.9. The SMILES string of the molecule is CCNC(=NCC1COCCO1)N1CCC(N2CCOCC2)C1.I. The third-order valence-electron chi connectivity index (χ3n) is 4.69. The zero-order valence-electron chi connectivity index (χ0n) is 14.6. The molecule has 0 aromatic carbocycles. The first-order valence-electron chi connectivity index (χ1n) is 8.91. The van der Waals surface area contributed by atoms with Gasteiger partial charge in [0.1, 0.15) is 6.10 Å². The number of halogens is 1. The number of aliphatic imine (C=N–C) groups is 1. The van der Waals surface area contributed by atoms with Gasteiger partial charge in [-0.3, -0.25) is 9.89 Å². The van der Waals surface area contributed by atoms with Crippen LogP contribution in [0.25, 0.3) is 0 Å². The van der Waals surface area contributed by atoms with Gasteiger partial charge in [0.15, 0.2) is 5.96 Å². The number of guanidine groups is 1. The van der Waals surface area contributed by atoms with Gasteiger partial charge in [-0.1, -0.05) is 0 Å². The van der Waals surface area contributed by atoms with Crippen LogP contribution < -0.4 is 5.32 Å². The van der Waals surface area contributed by atoms with Crippen molar-refractivity contribution in [3.05, 3.63) is 0 Å². The third kappa shape index (κ3) is 5.69. The number of ether oxygens (including phenoxy) is 3. The van der Waals surface area contributed by atoms with Crippen molar-refractivity contribution in [3.63, 3.8) is 0 Å². The minimum absolute atomic E-state index is 0. The van der Waals surface area contributed by atoms with E-state index in [0.29, 0.717) is 32.4 Å². The fourth-order valence-corrected chi connectivity index (χ4v) is 3.43. The molecule has 3 fully saturated rings. The second-order valence-corrected chi connectivity index (χ2v) is 6.30. The molecule has 0 spiro atoms. The lowest BCUT2D eigenvalue weighted by molar-refractivity contribution is -0.0833. The number of hydrogen-bond acceptors (Lipinski definition) is 5. The quantitative estimate of drug-likeness (QED) is 0.377. The van der Waals surface area contributed by atoms with E-state index in [1.807, 2.05) is 0 Å². The monoisotopic (exact) mass is 454 g/mol. The summed E-state index contributed by atoms with van der Waals surface area (Å²) in [5.41, 5.74) is 0. The van der Waals surface area contributed by atoms with Crippen LogP contribution in [0.4, 0.5) is 0 Å². The van der Waals surface area contributed by atoms with E-state index in [1.54, 1.807) is 0 Å². The summed E-state index contributed by atoms with van der Waals surface area (Å²) in [7, 11) is 0. The Kier molecular flexibility index (Phi) is 9.02. The topological polar surface area (TPSA) is 58.6 Å². The van der Waals surface area contributed by atoms with Crippen LogP contribution in [0, 0.1) is 0 Å². The van der Waals surface area contributed by atoms with Crippen molar-refractivity contribution < 1.29 is 14.2 Å². The minimum Gasteiger partial charge on any atom is -0.379 e. The van der Waals surface area contributed by atoms with Crippen molar-refractivity contribution in [3.8, 4) is 0 Å². The van der Waals surface area contributed by atoms with E-state index in [4.69, 9.17) is 19.2 Å². The van der Waals surface area contributed by atoms with Crippen LogP contribution in [-0.2, 0) is 14.2 Å². The van der Waals surface area contributed by atoms with Crippen molar-refractivity contribution in [1.82, 2.24) is 15.1 Å². The number of nitrogens with one attached hydrogen (secondary N) is 1. The molecule has 2 atom stereocenters. The average Bonchev–Trinajstić information content (AvgIpc) is 3.10. The molecule has 0 aromatic heterocycles. The molecule has 0 radical (unpaired) electrons. The van der Waals surface area contributed by atoms with E-state index in [9.17, 15) is 0 Å². The van der Waals surface area contributed by atoms with E-state index < -0.39 is 0 Å². The number of nitrogens with zero attached hydrogens (tertiary/aromatic N) is 3. The Morgan fingerprint density at radius 1 is 1.12 bits per heavy atom. The molecule has 3 rings (SSSR count). The number of hydrogen-bond donors (Lipinski definition) is 1. The lowest BCUT2D eigenvalue weighted by atomic mass is 10.2. The molecule has 0 aliphatic carbocycles. The maximum absolute atomic E-state index is 5.68. The highest BCUT2D eigenvalue weighted by molar-refractivity contribution is 14.0. The highest BCUT2D eigenvalue weighted by atomic mass is 127. The molecule has 0 aromatic rings. The second kappa shape index (κ2) is 10.7. The second-order valence-electron chi connectivity index (χ2n) is 6.30. The van der Waals surface area contributed by atoms with Crippen LogP contribution in [0.3, 0.4) is 0 Å². The van der Waals surface area contributed by atoms with Gasteiger partial charge >= 0.3 is 0 Å². The van der Waals surface area contributed by atoms with Crippen molar-refractivity contribution in [2.75, 3.05) is 72.3 Å². The number of morpholine rings is 1. The van der Waals surface area contributed by atoms with Gasteiger partial charge in [0.05, 0.1) is 39.6 Å². The van der Waals surface area contributed by atoms with Crippen LogP contribution in [0.2, 0.25) is 0 Å². The lowest BCUT2D eigenvalue weighted by Gasteiger charge is -2.32. The first-order valence-corrected chi connectivity index (χ1v) is 8.91. The standard InChI is InChI=1S/C16H30N4O3.HI/c1-2-17-16(18-11-15-13-22-9-10-23-15)20-4-3-14(12-20)19-5-7-21-8-6-19;/h14-15H,2-13H2,1H3,(H,17,18);1H. The third-order valence-corrected chi connectivity index (χ3v) is 4.69. The predicted molar refractivity (Wildman–Crippen MR) is 104 cm³/mol. The highest BCUT2D eigenvalue weighted by Crippen LogP contribution is 2.17. The molecule has 140 valence electrons. The molecule has 24 heavy (non-hydrogen) atoms. The fraction of sp³-hybridized carbons (Fsp3) is 0.938. The van der Waals surface area contributed by atoms with E-state index in [0.717, 1.165) is 51.9 Å². The fourth-order valence-electron chi connectivity index (χ4n) is 3.43. The van der Waals surface area contributed by atoms with Gasteiger partial charge in [-0.15, -0.1) is 24.0 Å². The Morgan fingerprint density at radius 3 is 2.67 bits per heavy atom. The summed E-state index contributed by atoms with van der Waals surface area (Å²) < 4.78 is 16.6. The molecule has 3 heterocycles. The lowest BCUT2D eigenvalue weighted by Crippen LogP contribution is -2.47. The van der Waals surface area contributed by atoms with Crippen LogP contribution >= 0.6 is 24.0 Å². The van der Waals surface area contributed by atoms with E-state index >= 15 is 0 Å². The molecule has 0 saturated carbocycles. The van der Waals surface area contributed by atoms with Gasteiger partial charge < -0.3 is 24.4 Å². The predicted octanol–water partition coefficient (Wildman–Crippen LogP) is 0.392. The van der Waals surface area contributed by atoms with Crippen molar-refractivity contribution in [2.24, 2.45) is 4.99 Å². The Bertz CT molecular complexity index is 388. The molecule has 7 nitrogen and oxygen atoms in total. The van der Waals surface area contributed by atoms with Gasteiger partial charge in [-0.25, -0.2) is 0 Å². The first-order chi connectivity index (χ1) is 11.4. The normalized spacial score (nSPS) is 29.4. The Balaban J connectivity index is 0.00000208. The molecule has 3 aliphatic rings. The summed E-state index contributed by atoms with van der Waals surface area (Å²) in [6, 6.07) is 0.622. The Morgan fingerprint density at radius 2 is 1.96 bits per heavy atom. The van der Waals surface area contributed by atoms with Gasteiger partial charge in [0.2, 0.25) is 0 Å². The summed E-state index contributed by atoms with van der Waals surface area (Å²) in [5.74, 6) is 1.01. The first kappa shape index (κ1) is 20.2. The Labute approximate surface area is 162 Å². The van der Waals surface area contributed by atoms with E-state index in [-0.39, 0.29) is 30.1 Å². The summed E-state index contributed by atoms with van der Waals surface area (Å²) >= 11 is 0. The van der Waals surface area contributed by atoms with Gasteiger partial charge in [-0.2, -0.15) is 0 Å². The maximum atomic E-state index is 5.68. The van der Waals surface area contributed by atoms with Crippen LogP contribution in [0.15, 0.2) is 4.99 Å². The number of likely N-dealkylation sites (tertiary alicyclic amines) is 1. The molecule has 0 bridgehead atoms. The molecule has 1 N–H and O–H groups in total. The molecule has 3 aliphatic heterocycles. The van der Waals surface area contributed by atoms with Crippen LogP contribution in [0.1, 0.15) is 13.3 Å². The summed E-state index contributed by atoms with van der Waals surface area (Å²) in [6.45, 7) is 11.7. The average molecular weight is 454 g/mol. The highest BCUT2D eigenvalue weighted by Gasteiger charge is 2.30. The van der Waals surface area contributed by atoms with Gasteiger partial charge in [0.25, 0.3) is 0 Å². The molecule has 2 unspecified atom stereocenters. The zero-order valence-corrected chi connectivity index (χ0v) is 16.9. The van der Waals surface area contributed by atoms with Gasteiger partial charge in [0, 0.05) is 38.8 Å². The molecular weight excluding hydrogens is 423 g/mol. The van der Waals surface area contributed by atoms with Gasteiger partial charge in [-0.05, 0) is 13.3 Å². The van der Waals surface area contributed by atoms with Crippen molar-refractivity contribution in [1.29, 1.82) is 0 Å². The molecule has 3 saturated heterocycles. The number of rotatable bonds is 4. The smallest absolute Gasteiger partial charge is 0.194 e. The Hall–Kier alpha value is -0.160. The van der Waals surface area contributed by atoms with E-state index in [2.05, 4.69) is 22.0 Å². The summed E-state index contributed by atoms with van der Waals surface area (Å²) in [6.07, 6.45) is 1.29. The summed E-state index contributed by atoms with van der Waals surface area (Å²) in [4.78, 5) is 9.72.